The first kappa shape index (κ1) is 17.5. The van der Waals surface area contributed by atoms with Gasteiger partial charge in [0.15, 0.2) is 0 Å². The van der Waals surface area contributed by atoms with Crippen LogP contribution in [0.25, 0.3) is 21.6 Å². The summed E-state index contributed by atoms with van der Waals surface area (Å²) >= 11 is 1.40. The molecule has 0 spiro atoms. The second-order valence-corrected chi connectivity index (χ2v) is 7.33. The van der Waals surface area contributed by atoms with Gasteiger partial charge < -0.3 is 14.3 Å². The summed E-state index contributed by atoms with van der Waals surface area (Å²) in [5.74, 6) is 1.43. The highest BCUT2D eigenvalue weighted by molar-refractivity contribution is 7.17. The molecule has 0 aliphatic carbocycles. The van der Waals surface area contributed by atoms with Gasteiger partial charge in [0.05, 0.1) is 12.2 Å². The summed E-state index contributed by atoms with van der Waals surface area (Å²) in [4.78, 5) is 22.4. The molecule has 0 aliphatic heterocycles. The summed E-state index contributed by atoms with van der Waals surface area (Å²) in [6.45, 7) is 7.02. The van der Waals surface area contributed by atoms with Crippen molar-refractivity contribution in [3.63, 3.8) is 0 Å². The monoisotopic (exact) mass is 380 g/mol. The van der Waals surface area contributed by atoms with Gasteiger partial charge in [0, 0.05) is 29.9 Å². The first-order valence-corrected chi connectivity index (χ1v) is 9.63. The molecular formula is C20H20N4O2S. The molecule has 4 aromatic heterocycles. The number of carbonyl (C=O) groups is 1. The molecule has 0 saturated heterocycles. The summed E-state index contributed by atoms with van der Waals surface area (Å²) in [5, 5.41) is 4.79. The molecule has 27 heavy (non-hydrogen) atoms. The number of nitrogens with zero attached hydrogens (tertiary/aromatic N) is 3. The van der Waals surface area contributed by atoms with Crippen LogP contribution in [0, 0.1) is 13.8 Å². The van der Waals surface area contributed by atoms with Gasteiger partial charge in [-0.05, 0) is 45.0 Å². The topological polar surface area (TPSA) is 73.0 Å². The lowest BCUT2D eigenvalue weighted by atomic mass is 10.2. The van der Waals surface area contributed by atoms with Crippen LogP contribution in [0.15, 0.2) is 41.1 Å². The third-order valence-corrected chi connectivity index (χ3v) is 5.62. The van der Waals surface area contributed by atoms with Crippen molar-refractivity contribution >= 4 is 28.3 Å². The van der Waals surface area contributed by atoms with Crippen molar-refractivity contribution in [2.75, 3.05) is 0 Å². The molecule has 0 fully saturated rings. The molecule has 1 N–H and O–H groups in total. The molecule has 0 aliphatic rings. The van der Waals surface area contributed by atoms with Crippen LogP contribution in [0.1, 0.15) is 33.8 Å². The summed E-state index contributed by atoms with van der Waals surface area (Å²) < 4.78 is 7.60. The van der Waals surface area contributed by atoms with E-state index in [2.05, 4.69) is 33.0 Å². The van der Waals surface area contributed by atoms with Gasteiger partial charge in [0.1, 0.15) is 27.1 Å². The van der Waals surface area contributed by atoms with Crippen molar-refractivity contribution in [2.45, 2.75) is 33.9 Å². The Labute approximate surface area is 160 Å². The van der Waals surface area contributed by atoms with E-state index in [9.17, 15) is 4.79 Å². The van der Waals surface area contributed by atoms with E-state index in [1.54, 1.807) is 6.20 Å². The summed E-state index contributed by atoms with van der Waals surface area (Å²) in [6, 6.07) is 7.72. The minimum absolute atomic E-state index is 0.136. The molecular weight excluding hydrogens is 360 g/mol. The Morgan fingerprint density at radius 2 is 2.15 bits per heavy atom. The lowest BCUT2D eigenvalue weighted by molar-refractivity contribution is 0.0951. The number of hydrogen-bond acceptors (Lipinski definition) is 5. The van der Waals surface area contributed by atoms with Gasteiger partial charge in [-0.2, -0.15) is 0 Å². The zero-order valence-electron chi connectivity index (χ0n) is 15.4. The molecule has 0 bridgehead atoms. The SMILES string of the molecule is CCn1cc(-c2nc(C)c(C(=O)NCc3ccc(C)o3)s2)c2cccnc21. The number of aromatic nitrogens is 3. The zero-order valence-corrected chi connectivity index (χ0v) is 16.3. The Balaban J connectivity index is 1.62. The molecule has 0 saturated carbocycles. The van der Waals surface area contributed by atoms with E-state index < -0.39 is 0 Å². The maximum Gasteiger partial charge on any atom is 0.263 e. The van der Waals surface area contributed by atoms with Gasteiger partial charge in [-0.3, -0.25) is 4.79 Å². The fourth-order valence-corrected chi connectivity index (χ4v) is 4.09. The first-order valence-electron chi connectivity index (χ1n) is 8.82. The zero-order chi connectivity index (χ0) is 19.0. The fraction of sp³-hybridized carbons (Fsp3) is 0.250. The van der Waals surface area contributed by atoms with E-state index in [0.29, 0.717) is 11.4 Å². The third-order valence-electron chi connectivity index (χ3n) is 4.43. The number of rotatable bonds is 5. The van der Waals surface area contributed by atoms with Gasteiger partial charge >= 0.3 is 0 Å². The van der Waals surface area contributed by atoms with Crippen LogP contribution in [-0.2, 0) is 13.1 Å². The highest BCUT2D eigenvalue weighted by atomic mass is 32.1. The quantitative estimate of drug-likeness (QED) is 0.560. The maximum atomic E-state index is 12.6. The molecule has 0 aromatic carbocycles. The van der Waals surface area contributed by atoms with Gasteiger partial charge in [0.25, 0.3) is 5.91 Å². The van der Waals surface area contributed by atoms with Crippen LogP contribution in [0.4, 0.5) is 0 Å². The van der Waals surface area contributed by atoms with Gasteiger partial charge in [-0.1, -0.05) is 0 Å². The van der Waals surface area contributed by atoms with Crippen molar-refractivity contribution in [2.24, 2.45) is 0 Å². The number of nitrogens with one attached hydrogen (secondary N) is 1. The van der Waals surface area contributed by atoms with E-state index in [4.69, 9.17) is 4.42 Å². The van der Waals surface area contributed by atoms with Gasteiger partial charge in [-0.15, -0.1) is 11.3 Å². The highest BCUT2D eigenvalue weighted by Gasteiger charge is 2.19. The van der Waals surface area contributed by atoms with Crippen LogP contribution in [0.3, 0.4) is 0 Å². The number of thiazole rings is 1. The van der Waals surface area contributed by atoms with Crippen molar-refractivity contribution in [3.8, 4) is 10.6 Å². The molecule has 0 unspecified atom stereocenters. The van der Waals surface area contributed by atoms with E-state index in [-0.39, 0.29) is 5.91 Å². The van der Waals surface area contributed by atoms with E-state index in [0.717, 1.165) is 45.4 Å². The summed E-state index contributed by atoms with van der Waals surface area (Å²) in [5.41, 5.74) is 2.67. The Morgan fingerprint density at radius 1 is 1.30 bits per heavy atom. The van der Waals surface area contributed by atoms with Crippen molar-refractivity contribution in [1.82, 2.24) is 19.9 Å². The molecule has 4 rings (SSSR count). The van der Waals surface area contributed by atoms with Crippen molar-refractivity contribution < 1.29 is 9.21 Å². The Morgan fingerprint density at radius 3 is 2.89 bits per heavy atom. The molecule has 4 aromatic rings. The fourth-order valence-electron chi connectivity index (χ4n) is 3.08. The minimum atomic E-state index is -0.136. The molecule has 0 atom stereocenters. The highest BCUT2D eigenvalue weighted by Crippen LogP contribution is 2.34. The summed E-state index contributed by atoms with van der Waals surface area (Å²) in [6.07, 6.45) is 3.85. The predicted molar refractivity (Wildman–Crippen MR) is 106 cm³/mol. The standard InChI is InChI=1S/C20H20N4O2S/c1-4-24-11-16(15-6-5-9-21-18(15)24)20-23-13(3)17(27-20)19(25)22-10-14-8-7-12(2)26-14/h5-9,11H,4,10H2,1-3H3,(H,22,25). The Kier molecular flexibility index (Phi) is 4.53. The van der Waals surface area contributed by atoms with Crippen LogP contribution in [-0.4, -0.2) is 20.4 Å². The maximum absolute atomic E-state index is 12.6. The number of hydrogen-bond donors (Lipinski definition) is 1. The molecule has 0 radical (unpaired) electrons. The van der Waals surface area contributed by atoms with Crippen molar-refractivity contribution in [1.29, 1.82) is 0 Å². The van der Waals surface area contributed by atoms with Crippen LogP contribution in [0.2, 0.25) is 0 Å². The van der Waals surface area contributed by atoms with E-state index >= 15 is 0 Å². The van der Waals surface area contributed by atoms with Crippen LogP contribution in [0.5, 0.6) is 0 Å². The predicted octanol–water partition coefficient (Wildman–Crippen LogP) is 4.32. The van der Waals surface area contributed by atoms with Crippen LogP contribution < -0.4 is 5.32 Å². The largest absolute Gasteiger partial charge is 0.465 e. The Hall–Kier alpha value is -2.93. The summed E-state index contributed by atoms with van der Waals surface area (Å²) in [7, 11) is 0. The molecule has 138 valence electrons. The lowest BCUT2D eigenvalue weighted by Crippen LogP contribution is -2.22. The molecule has 4 heterocycles. The third kappa shape index (κ3) is 3.26. The number of pyridine rings is 1. The second-order valence-electron chi connectivity index (χ2n) is 6.33. The van der Waals surface area contributed by atoms with E-state index in [1.165, 1.54) is 11.3 Å². The second kappa shape index (κ2) is 7.00. The number of fused-ring (bicyclic) bond motifs is 1. The van der Waals surface area contributed by atoms with Gasteiger partial charge in [0.2, 0.25) is 0 Å². The average Bonchev–Trinajstić information content (AvgIpc) is 3.36. The lowest BCUT2D eigenvalue weighted by Gasteiger charge is -2.01. The Bertz CT molecular complexity index is 1120. The number of furan rings is 1. The van der Waals surface area contributed by atoms with Crippen LogP contribution >= 0.6 is 11.3 Å². The number of amides is 1. The first-order chi connectivity index (χ1) is 13.1. The normalized spacial score (nSPS) is 11.2. The smallest absolute Gasteiger partial charge is 0.263 e. The van der Waals surface area contributed by atoms with Crippen molar-refractivity contribution in [3.05, 3.63) is 58.8 Å². The molecule has 1 amide bonds. The molecule has 7 heteroatoms. The number of aryl methyl sites for hydroxylation is 3. The average molecular weight is 380 g/mol. The minimum Gasteiger partial charge on any atom is -0.465 e. The van der Waals surface area contributed by atoms with Gasteiger partial charge in [-0.25, -0.2) is 9.97 Å². The molecule has 6 nitrogen and oxygen atoms in total. The number of carbonyl (C=O) groups excluding carboxylic acids is 1. The van der Waals surface area contributed by atoms with E-state index in [1.807, 2.05) is 38.1 Å².